The third-order valence-corrected chi connectivity index (χ3v) is 3.35. The smallest absolute Gasteiger partial charge is 0.191 e. The van der Waals surface area contributed by atoms with Crippen LogP contribution in [0, 0.1) is 5.92 Å². The lowest BCUT2D eigenvalue weighted by Gasteiger charge is -2.20. The highest BCUT2D eigenvalue weighted by atomic mass is 127. The zero-order chi connectivity index (χ0) is 12.4. The zero-order valence-electron chi connectivity index (χ0n) is 11.7. The molecular formula is C12H28IN3S. The topological polar surface area (TPSA) is 36.4 Å². The molecule has 0 bridgehead atoms. The van der Waals surface area contributed by atoms with Crippen molar-refractivity contribution in [1.29, 1.82) is 0 Å². The van der Waals surface area contributed by atoms with E-state index in [1.54, 1.807) is 0 Å². The number of aliphatic imine (C=N–C) groups is 1. The summed E-state index contributed by atoms with van der Waals surface area (Å²) in [6, 6.07) is 0.456. The maximum absolute atomic E-state index is 4.22. The van der Waals surface area contributed by atoms with Crippen LogP contribution >= 0.6 is 35.7 Å². The maximum Gasteiger partial charge on any atom is 0.191 e. The van der Waals surface area contributed by atoms with Crippen LogP contribution in [0.2, 0.25) is 0 Å². The lowest BCUT2D eigenvalue weighted by molar-refractivity contribution is 0.480. The maximum atomic E-state index is 4.22. The molecule has 104 valence electrons. The number of nitrogens with one attached hydrogen (secondary N) is 2. The highest BCUT2D eigenvalue weighted by molar-refractivity contribution is 14.0. The van der Waals surface area contributed by atoms with Gasteiger partial charge in [0.1, 0.15) is 0 Å². The molecule has 0 aromatic heterocycles. The molecule has 3 nitrogen and oxygen atoms in total. The predicted molar refractivity (Wildman–Crippen MR) is 91.8 cm³/mol. The minimum atomic E-state index is 0. The summed E-state index contributed by atoms with van der Waals surface area (Å²) in [6.45, 7) is 7.61. The first kappa shape index (κ1) is 19.7. The molecule has 0 aliphatic rings. The van der Waals surface area contributed by atoms with Crippen LogP contribution in [-0.4, -0.2) is 37.6 Å². The van der Waals surface area contributed by atoms with Gasteiger partial charge in [-0.2, -0.15) is 11.8 Å². The van der Waals surface area contributed by atoms with Crippen LogP contribution in [0.1, 0.15) is 33.6 Å². The van der Waals surface area contributed by atoms with E-state index in [4.69, 9.17) is 0 Å². The van der Waals surface area contributed by atoms with Gasteiger partial charge in [-0.1, -0.05) is 13.8 Å². The first-order valence-corrected chi connectivity index (χ1v) is 7.47. The van der Waals surface area contributed by atoms with Crippen LogP contribution in [0.25, 0.3) is 0 Å². The quantitative estimate of drug-likeness (QED) is 0.312. The Morgan fingerprint density at radius 2 is 1.88 bits per heavy atom. The Morgan fingerprint density at radius 1 is 1.24 bits per heavy atom. The molecule has 0 spiro atoms. The van der Waals surface area contributed by atoms with Crippen molar-refractivity contribution in [2.75, 3.05) is 25.6 Å². The van der Waals surface area contributed by atoms with Crippen LogP contribution in [0.5, 0.6) is 0 Å². The fourth-order valence-corrected chi connectivity index (χ4v) is 1.65. The second-order valence-electron chi connectivity index (χ2n) is 4.38. The summed E-state index contributed by atoms with van der Waals surface area (Å²) >= 11 is 1.91. The van der Waals surface area contributed by atoms with Crippen molar-refractivity contribution in [3.63, 3.8) is 0 Å². The molecule has 0 rings (SSSR count). The predicted octanol–water partition coefficient (Wildman–Crippen LogP) is 2.96. The Balaban J connectivity index is 0. The Kier molecular flexibility index (Phi) is 14.8. The van der Waals surface area contributed by atoms with Gasteiger partial charge in [0.25, 0.3) is 0 Å². The largest absolute Gasteiger partial charge is 0.356 e. The number of hydrogen-bond donors (Lipinski definition) is 2. The van der Waals surface area contributed by atoms with Crippen molar-refractivity contribution in [1.82, 2.24) is 10.6 Å². The van der Waals surface area contributed by atoms with E-state index in [2.05, 4.69) is 42.7 Å². The molecule has 1 unspecified atom stereocenters. The summed E-state index contributed by atoms with van der Waals surface area (Å²) in [5, 5.41) is 6.73. The third kappa shape index (κ3) is 11.2. The minimum Gasteiger partial charge on any atom is -0.356 e. The Labute approximate surface area is 128 Å². The number of hydrogen-bond acceptors (Lipinski definition) is 2. The summed E-state index contributed by atoms with van der Waals surface area (Å²) in [6.07, 6.45) is 4.63. The molecule has 17 heavy (non-hydrogen) atoms. The van der Waals surface area contributed by atoms with Gasteiger partial charge in [0, 0.05) is 19.6 Å². The van der Waals surface area contributed by atoms with Gasteiger partial charge in [-0.3, -0.25) is 4.99 Å². The van der Waals surface area contributed by atoms with Crippen molar-refractivity contribution < 1.29 is 0 Å². The van der Waals surface area contributed by atoms with Gasteiger partial charge in [0.2, 0.25) is 0 Å². The SMILES string of the molecule is CN=C(NCCCCSC)NC(C)C(C)C.I. The number of unbranched alkanes of at least 4 members (excludes halogenated alkanes) is 1. The zero-order valence-corrected chi connectivity index (χ0v) is 14.9. The van der Waals surface area contributed by atoms with Crippen LogP contribution in [0.4, 0.5) is 0 Å². The lowest BCUT2D eigenvalue weighted by atomic mass is 10.1. The summed E-state index contributed by atoms with van der Waals surface area (Å²) in [5.41, 5.74) is 0. The Bertz CT molecular complexity index is 198. The van der Waals surface area contributed by atoms with E-state index < -0.39 is 0 Å². The number of thioether (sulfide) groups is 1. The molecule has 2 N–H and O–H groups in total. The van der Waals surface area contributed by atoms with Gasteiger partial charge < -0.3 is 10.6 Å². The van der Waals surface area contributed by atoms with Gasteiger partial charge in [-0.15, -0.1) is 24.0 Å². The lowest BCUT2D eigenvalue weighted by Crippen LogP contribution is -2.44. The molecule has 0 fully saturated rings. The highest BCUT2D eigenvalue weighted by Gasteiger charge is 2.07. The summed E-state index contributed by atoms with van der Waals surface area (Å²) in [4.78, 5) is 4.22. The van der Waals surface area contributed by atoms with Crippen LogP contribution in [-0.2, 0) is 0 Å². The third-order valence-electron chi connectivity index (χ3n) is 2.66. The first-order valence-electron chi connectivity index (χ1n) is 6.08. The van der Waals surface area contributed by atoms with Crippen molar-refractivity contribution >= 4 is 41.7 Å². The van der Waals surface area contributed by atoms with Crippen molar-refractivity contribution in [3.8, 4) is 0 Å². The molecular weight excluding hydrogens is 345 g/mol. The summed E-state index contributed by atoms with van der Waals surface area (Å²) in [7, 11) is 1.82. The van der Waals surface area contributed by atoms with E-state index in [9.17, 15) is 0 Å². The molecule has 0 aromatic rings. The average molecular weight is 373 g/mol. The molecule has 0 saturated carbocycles. The Morgan fingerprint density at radius 3 is 2.35 bits per heavy atom. The van der Waals surface area contributed by atoms with Crippen LogP contribution in [0.15, 0.2) is 4.99 Å². The number of rotatable bonds is 7. The molecule has 0 radical (unpaired) electrons. The molecule has 0 aliphatic heterocycles. The standard InChI is InChI=1S/C12H27N3S.HI/c1-10(2)11(3)15-12(13-4)14-8-6-7-9-16-5;/h10-11H,6-9H2,1-5H3,(H2,13,14,15);1H. The van der Waals surface area contributed by atoms with Gasteiger partial charge in [0.05, 0.1) is 0 Å². The fourth-order valence-electron chi connectivity index (χ4n) is 1.16. The number of nitrogens with zero attached hydrogens (tertiary/aromatic N) is 1. The normalized spacial score (nSPS) is 13.2. The van der Waals surface area contributed by atoms with Gasteiger partial charge in [-0.25, -0.2) is 0 Å². The minimum absolute atomic E-state index is 0. The van der Waals surface area contributed by atoms with E-state index >= 15 is 0 Å². The van der Waals surface area contributed by atoms with Gasteiger partial charge in [0.15, 0.2) is 5.96 Å². The molecule has 5 heteroatoms. The average Bonchev–Trinajstić information content (AvgIpc) is 2.26. The molecule has 1 atom stereocenters. The highest BCUT2D eigenvalue weighted by Crippen LogP contribution is 2.00. The van der Waals surface area contributed by atoms with Crippen LogP contribution < -0.4 is 10.6 Å². The molecule has 0 amide bonds. The van der Waals surface area contributed by atoms with E-state index in [0.717, 1.165) is 12.5 Å². The Hall–Kier alpha value is 0.350. The molecule has 0 aliphatic carbocycles. The summed E-state index contributed by atoms with van der Waals surface area (Å²) < 4.78 is 0. The van der Waals surface area contributed by atoms with E-state index in [1.165, 1.54) is 18.6 Å². The molecule has 0 heterocycles. The second kappa shape index (κ2) is 12.8. The van der Waals surface area contributed by atoms with Crippen molar-refractivity contribution in [3.05, 3.63) is 0 Å². The van der Waals surface area contributed by atoms with Crippen molar-refractivity contribution in [2.24, 2.45) is 10.9 Å². The number of guanidine groups is 1. The van der Waals surface area contributed by atoms with Crippen molar-refractivity contribution in [2.45, 2.75) is 39.7 Å². The van der Waals surface area contributed by atoms with E-state index in [-0.39, 0.29) is 24.0 Å². The molecule has 0 saturated heterocycles. The van der Waals surface area contributed by atoms with E-state index in [1.807, 2.05) is 18.8 Å². The fraction of sp³-hybridized carbons (Fsp3) is 0.917. The van der Waals surface area contributed by atoms with E-state index in [0.29, 0.717) is 12.0 Å². The van der Waals surface area contributed by atoms with Gasteiger partial charge in [-0.05, 0) is 37.7 Å². The molecule has 0 aromatic carbocycles. The monoisotopic (exact) mass is 373 g/mol. The number of halogens is 1. The van der Waals surface area contributed by atoms with Gasteiger partial charge >= 0.3 is 0 Å². The summed E-state index contributed by atoms with van der Waals surface area (Å²) in [5.74, 6) is 2.79. The van der Waals surface area contributed by atoms with Crippen LogP contribution in [0.3, 0.4) is 0 Å². The first-order chi connectivity index (χ1) is 7.61. The second-order valence-corrected chi connectivity index (χ2v) is 5.36.